The molecule has 0 unspecified atom stereocenters. The Morgan fingerprint density at radius 3 is 2.42 bits per heavy atom. The fourth-order valence-corrected chi connectivity index (χ4v) is 3.49. The highest BCUT2D eigenvalue weighted by molar-refractivity contribution is 5.97. The zero-order valence-corrected chi connectivity index (χ0v) is 20.1. The van der Waals surface area contributed by atoms with Gasteiger partial charge >= 0.3 is 0 Å². The number of hydroxylamine groups is 1. The van der Waals surface area contributed by atoms with Gasteiger partial charge in [0.25, 0.3) is 11.8 Å². The summed E-state index contributed by atoms with van der Waals surface area (Å²) in [5.74, 6) is 4.42. The number of benzene rings is 2. The van der Waals surface area contributed by atoms with Gasteiger partial charge in [-0.25, -0.2) is 5.48 Å². The van der Waals surface area contributed by atoms with Crippen LogP contribution in [0.3, 0.4) is 0 Å². The molecular formula is C27H30N4O5. The van der Waals surface area contributed by atoms with Crippen LogP contribution >= 0.6 is 0 Å². The molecule has 2 aromatic carbocycles. The summed E-state index contributed by atoms with van der Waals surface area (Å²) < 4.78 is 5.38. The van der Waals surface area contributed by atoms with Gasteiger partial charge in [-0.05, 0) is 47.5 Å². The zero-order valence-electron chi connectivity index (χ0n) is 20.1. The van der Waals surface area contributed by atoms with Crippen LogP contribution in [0.2, 0.25) is 0 Å². The molecule has 0 aromatic heterocycles. The number of nitrogens with zero attached hydrogens (tertiary/aromatic N) is 1. The minimum absolute atomic E-state index is 0.149. The van der Waals surface area contributed by atoms with Crippen molar-refractivity contribution >= 4 is 23.8 Å². The van der Waals surface area contributed by atoms with Gasteiger partial charge in [-0.15, -0.1) is 0 Å². The van der Waals surface area contributed by atoms with Crippen molar-refractivity contribution in [3.05, 3.63) is 76.9 Å². The molecule has 188 valence electrons. The maximum atomic E-state index is 12.5. The highest BCUT2D eigenvalue weighted by Gasteiger charge is 2.21. The number of carbonyl (C=O) groups is 3. The second-order valence-electron chi connectivity index (χ2n) is 8.25. The third kappa shape index (κ3) is 8.67. The topological polar surface area (TPSA) is 120 Å². The first-order valence-corrected chi connectivity index (χ1v) is 11.6. The monoisotopic (exact) mass is 490 g/mol. The molecule has 1 aliphatic rings. The van der Waals surface area contributed by atoms with Crippen molar-refractivity contribution in [3.63, 3.8) is 0 Å². The van der Waals surface area contributed by atoms with E-state index in [0.29, 0.717) is 5.56 Å². The quantitative estimate of drug-likeness (QED) is 0.252. The normalized spacial score (nSPS) is 14.4. The molecule has 3 rings (SSSR count). The Morgan fingerprint density at radius 1 is 1.08 bits per heavy atom. The van der Waals surface area contributed by atoms with Gasteiger partial charge < -0.3 is 15.4 Å². The number of allylic oxidation sites excluding steroid dienone is 1. The molecule has 2 aromatic rings. The SMILES string of the molecule is CC(=O)NC[C@H](NC(=O)c1ccc(/C=C/C#Cc2ccc(CN3CCOCC3)cc2)cc1)C(=O)NO. The Morgan fingerprint density at radius 2 is 1.78 bits per heavy atom. The number of hydrogen-bond acceptors (Lipinski definition) is 6. The third-order valence-corrected chi connectivity index (χ3v) is 5.50. The highest BCUT2D eigenvalue weighted by Crippen LogP contribution is 2.09. The van der Waals surface area contributed by atoms with Gasteiger partial charge in [0.05, 0.1) is 13.2 Å². The van der Waals surface area contributed by atoms with E-state index < -0.39 is 17.9 Å². The average molecular weight is 491 g/mol. The number of ether oxygens (including phenoxy) is 1. The molecule has 0 spiro atoms. The Bertz CT molecular complexity index is 1130. The van der Waals surface area contributed by atoms with Crippen LogP contribution in [-0.2, 0) is 20.9 Å². The van der Waals surface area contributed by atoms with Crippen molar-refractivity contribution in [3.8, 4) is 11.8 Å². The lowest BCUT2D eigenvalue weighted by atomic mass is 10.1. The summed E-state index contributed by atoms with van der Waals surface area (Å²) in [4.78, 5) is 37.6. The number of morpholine rings is 1. The third-order valence-electron chi connectivity index (χ3n) is 5.50. The molecule has 1 aliphatic heterocycles. The van der Waals surface area contributed by atoms with E-state index in [2.05, 4.69) is 39.5 Å². The van der Waals surface area contributed by atoms with Gasteiger partial charge in [0.2, 0.25) is 5.91 Å². The molecule has 36 heavy (non-hydrogen) atoms. The van der Waals surface area contributed by atoms with Crippen molar-refractivity contribution in [1.29, 1.82) is 0 Å². The van der Waals surface area contributed by atoms with Crippen LogP contribution in [0.25, 0.3) is 6.08 Å². The fourth-order valence-electron chi connectivity index (χ4n) is 3.49. The van der Waals surface area contributed by atoms with Crippen LogP contribution in [0.15, 0.2) is 54.6 Å². The number of carbonyl (C=O) groups excluding carboxylic acids is 3. The van der Waals surface area contributed by atoms with E-state index in [4.69, 9.17) is 9.94 Å². The standard InChI is InChI=1S/C27H30N4O5/c1-20(32)28-18-25(27(34)30-35)29-26(33)24-12-10-22(11-13-24)5-3-2-4-21-6-8-23(9-7-21)19-31-14-16-36-17-15-31/h3,5-13,25,35H,14-19H2,1H3,(H,28,32)(H,29,33)(H,30,34)/b5-3+/t25-/m0/s1. The van der Waals surface area contributed by atoms with Gasteiger partial charge in [0.15, 0.2) is 0 Å². The second-order valence-corrected chi connectivity index (χ2v) is 8.25. The van der Waals surface area contributed by atoms with E-state index in [-0.39, 0.29) is 12.5 Å². The van der Waals surface area contributed by atoms with Crippen LogP contribution in [0.1, 0.15) is 34.0 Å². The lowest BCUT2D eigenvalue weighted by molar-refractivity contribution is -0.131. The van der Waals surface area contributed by atoms with Crippen LogP contribution in [0, 0.1) is 11.8 Å². The molecule has 0 aliphatic carbocycles. The molecule has 9 heteroatoms. The predicted molar refractivity (Wildman–Crippen MR) is 135 cm³/mol. The van der Waals surface area contributed by atoms with Crippen LogP contribution in [0.5, 0.6) is 0 Å². The van der Waals surface area contributed by atoms with E-state index in [1.165, 1.54) is 18.0 Å². The van der Waals surface area contributed by atoms with Gasteiger partial charge in [0.1, 0.15) is 6.04 Å². The summed E-state index contributed by atoms with van der Waals surface area (Å²) in [6.07, 6.45) is 3.58. The van der Waals surface area contributed by atoms with Gasteiger partial charge in [-0.1, -0.05) is 36.1 Å². The average Bonchev–Trinajstić information content (AvgIpc) is 2.90. The van der Waals surface area contributed by atoms with E-state index in [9.17, 15) is 14.4 Å². The minimum Gasteiger partial charge on any atom is -0.379 e. The maximum Gasteiger partial charge on any atom is 0.267 e. The molecule has 1 fully saturated rings. The lowest BCUT2D eigenvalue weighted by Crippen LogP contribution is -2.51. The van der Waals surface area contributed by atoms with E-state index in [1.54, 1.807) is 30.3 Å². The lowest BCUT2D eigenvalue weighted by Gasteiger charge is -2.26. The molecule has 1 atom stereocenters. The van der Waals surface area contributed by atoms with Gasteiger partial charge in [-0.3, -0.25) is 24.5 Å². The number of nitrogens with one attached hydrogen (secondary N) is 3. The van der Waals surface area contributed by atoms with E-state index in [1.807, 2.05) is 18.2 Å². The number of amides is 3. The summed E-state index contributed by atoms with van der Waals surface area (Å²) >= 11 is 0. The van der Waals surface area contributed by atoms with Crippen LogP contribution in [-0.4, -0.2) is 66.7 Å². The first-order valence-electron chi connectivity index (χ1n) is 11.6. The van der Waals surface area contributed by atoms with Crippen LogP contribution < -0.4 is 16.1 Å². The number of rotatable bonds is 8. The van der Waals surface area contributed by atoms with Crippen LogP contribution in [0.4, 0.5) is 0 Å². The van der Waals surface area contributed by atoms with Crippen molar-refractivity contribution in [2.75, 3.05) is 32.8 Å². The van der Waals surface area contributed by atoms with Gasteiger partial charge in [-0.2, -0.15) is 0 Å². The second kappa shape index (κ2) is 13.8. The molecule has 0 radical (unpaired) electrons. The smallest absolute Gasteiger partial charge is 0.267 e. The zero-order chi connectivity index (χ0) is 25.8. The largest absolute Gasteiger partial charge is 0.379 e. The van der Waals surface area contributed by atoms with Crippen molar-refractivity contribution in [1.82, 2.24) is 21.0 Å². The van der Waals surface area contributed by atoms with Crippen molar-refractivity contribution < 1.29 is 24.3 Å². The molecule has 0 bridgehead atoms. The number of hydrogen-bond donors (Lipinski definition) is 4. The molecule has 1 saturated heterocycles. The molecular weight excluding hydrogens is 460 g/mol. The van der Waals surface area contributed by atoms with E-state index >= 15 is 0 Å². The summed E-state index contributed by atoms with van der Waals surface area (Å²) in [5.41, 5.74) is 4.84. The van der Waals surface area contributed by atoms with Crippen molar-refractivity contribution in [2.24, 2.45) is 0 Å². The predicted octanol–water partition coefficient (Wildman–Crippen LogP) is 1.32. The fraction of sp³-hybridized carbons (Fsp3) is 0.296. The van der Waals surface area contributed by atoms with Gasteiger partial charge in [0, 0.05) is 44.2 Å². The first-order chi connectivity index (χ1) is 17.4. The Kier molecular flexibility index (Phi) is 10.2. The van der Waals surface area contributed by atoms with Crippen molar-refractivity contribution in [2.45, 2.75) is 19.5 Å². The Labute approximate surface area is 210 Å². The van der Waals surface area contributed by atoms with E-state index in [0.717, 1.165) is 44.0 Å². The summed E-state index contributed by atoms with van der Waals surface area (Å²) in [6.45, 7) is 5.54. The summed E-state index contributed by atoms with van der Waals surface area (Å²) in [7, 11) is 0. The maximum absolute atomic E-state index is 12.5. The molecule has 9 nitrogen and oxygen atoms in total. The summed E-state index contributed by atoms with van der Waals surface area (Å²) in [6, 6.07) is 13.8. The molecule has 4 N–H and O–H groups in total. The Hall–Kier alpha value is -3.97. The first kappa shape index (κ1) is 26.6. The minimum atomic E-state index is -1.12. The highest BCUT2D eigenvalue weighted by atomic mass is 16.5. The molecule has 0 saturated carbocycles. The molecule has 3 amide bonds. The Balaban J connectivity index is 1.52. The summed E-state index contributed by atoms with van der Waals surface area (Å²) in [5, 5.41) is 13.8. The molecule has 1 heterocycles.